The fraction of sp³-hybridized carbons (Fsp3) is 0.455. The van der Waals surface area contributed by atoms with E-state index in [0.29, 0.717) is 12.5 Å². The number of likely N-dealkylation sites (tertiary alicyclic amines) is 1. The number of aryl methyl sites for hydroxylation is 1. The summed E-state index contributed by atoms with van der Waals surface area (Å²) in [5.74, 6) is 1.10. The van der Waals surface area contributed by atoms with Crippen molar-refractivity contribution in [3.63, 3.8) is 0 Å². The Morgan fingerprint density at radius 2 is 2.07 bits per heavy atom. The second kappa shape index (κ2) is 7.29. The molecule has 0 bridgehead atoms. The molecule has 0 N–H and O–H groups in total. The molecule has 142 valence electrons. The summed E-state index contributed by atoms with van der Waals surface area (Å²) in [7, 11) is 0. The molecular weight excluding hydrogens is 343 g/mol. The third kappa shape index (κ3) is 3.82. The van der Waals surface area contributed by atoms with E-state index >= 15 is 0 Å². The normalized spacial score (nSPS) is 21.0. The maximum Gasteiger partial charge on any atom is 0.233 e. The number of halogens is 1. The molecule has 1 amide bonds. The van der Waals surface area contributed by atoms with Crippen molar-refractivity contribution in [2.75, 3.05) is 19.7 Å². The van der Waals surface area contributed by atoms with Crippen molar-refractivity contribution in [2.45, 2.75) is 38.0 Å². The van der Waals surface area contributed by atoms with Gasteiger partial charge < -0.3 is 9.64 Å². The van der Waals surface area contributed by atoms with Gasteiger partial charge >= 0.3 is 0 Å². The molecule has 1 aliphatic heterocycles. The van der Waals surface area contributed by atoms with Crippen molar-refractivity contribution in [3.05, 3.63) is 59.7 Å². The maximum absolute atomic E-state index is 13.2. The van der Waals surface area contributed by atoms with Crippen molar-refractivity contribution in [2.24, 2.45) is 5.92 Å². The Morgan fingerprint density at radius 1 is 1.30 bits per heavy atom. The monoisotopic (exact) mass is 368 g/mol. The van der Waals surface area contributed by atoms with Crippen LogP contribution in [0.2, 0.25) is 0 Å². The molecule has 0 spiro atoms. The van der Waals surface area contributed by atoms with E-state index in [9.17, 15) is 9.18 Å². The Morgan fingerprint density at radius 3 is 2.78 bits per heavy atom. The summed E-state index contributed by atoms with van der Waals surface area (Å²) in [6.07, 6.45) is 5.52. The summed E-state index contributed by atoms with van der Waals surface area (Å²) in [4.78, 5) is 19.4. The number of carbonyl (C=O) groups excluding carboxylic acids is 1. The van der Waals surface area contributed by atoms with Gasteiger partial charge in [0.25, 0.3) is 0 Å². The number of pyridine rings is 1. The van der Waals surface area contributed by atoms with Crippen molar-refractivity contribution >= 4 is 5.91 Å². The molecule has 27 heavy (non-hydrogen) atoms. The van der Waals surface area contributed by atoms with E-state index in [1.165, 1.54) is 12.1 Å². The Balaban J connectivity index is 1.39. The summed E-state index contributed by atoms with van der Waals surface area (Å²) in [5.41, 5.74) is 1.45. The third-order valence-corrected chi connectivity index (χ3v) is 5.72. The van der Waals surface area contributed by atoms with E-state index in [1.54, 1.807) is 18.3 Å². The molecule has 1 aromatic heterocycles. The van der Waals surface area contributed by atoms with Gasteiger partial charge in [0.2, 0.25) is 5.91 Å². The minimum absolute atomic E-state index is 0.193. The highest BCUT2D eigenvalue weighted by Crippen LogP contribution is 2.50. The molecular formula is C22H25FN2O2. The lowest BCUT2D eigenvalue weighted by atomic mass is 9.91. The van der Waals surface area contributed by atoms with Crippen LogP contribution in [0.25, 0.3) is 0 Å². The summed E-state index contributed by atoms with van der Waals surface area (Å²) >= 11 is 0. The second-order valence-corrected chi connectivity index (χ2v) is 7.79. The molecule has 1 unspecified atom stereocenters. The summed E-state index contributed by atoms with van der Waals surface area (Å²) in [5, 5.41) is 0. The molecule has 5 heteroatoms. The van der Waals surface area contributed by atoms with Crippen LogP contribution < -0.4 is 4.74 Å². The smallest absolute Gasteiger partial charge is 0.233 e. The van der Waals surface area contributed by atoms with Crippen LogP contribution in [0, 0.1) is 18.7 Å². The topological polar surface area (TPSA) is 42.4 Å². The minimum Gasteiger partial charge on any atom is -0.493 e. The molecule has 2 heterocycles. The molecule has 1 saturated heterocycles. The van der Waals surface area contributed by atoms with Gasteiger partial charge in [0.05, 0.1) is 12.0 Å². The molecule has 2 fully saturated rings. The number of ether oxygens (including phenoxy) is 1. The first kappa shape index (κ1) is 18.0. The largest absolute Gasteiger partial charge is 0.493 e. The van der Waals surface area contributed by atoms with Crippen molar-refractivity contribution in [1.29, 1.82) is 0 Å². The highest BCUT2D eigenvalue weighted by molar-refractivity contribution is 5.91. The first-order valence-electron chi connectivity index (χ1n) is 9.68. The third-order valence-electron chi connectivity index (χ3n) is 5.72. The van der Waals surface area contributed by atoms with E-state index in [1.807, 2.05) is 24.0 Å². The quantitative estimate of drug-likeness (QED) is 0.804. The van der Waals surface area contributed by atoms with Gasteiger partial charge in [-0.15, -0.1) is 0 Å². The van der Waals surface area contributed by atoms with E-state index in [4.69, 9.17) is 4.74 Å². The van der Waals surface area contributed by atoms with E-state index in [2.05, 4.69) is 4.98 Å². The lowest BCUT2D eigenvalue weighted by Crippen LogP contribution is -2.46. The average molecular weight is 368 g/mol. The van der Waals surface area contributed by atoms with Gasteiger partial charge in [-0.25, -0.2) is 4.39 Å². The number of hydrogen-bond donors (Lipinski definition) is 0. The van der Waals surface area contributed by atoms with Gasteiger partial charge in [0.1, 0.15) is 11.6 Å². The van der Waals surface area contributed by atoms with Crippen LogP contribution in [0.5, 0.6) is 5.75 Å². The van der Waals surface area contributed by atoms with Crippen LogP contribution >= 0.6 is 0 Å². The lowest BCUT2D eigenvalue weighted by molar-refractivity contribution is -0.136. The van der Waals surface area contributed by atoms with Gasteiger partial charge in [0, 0.05) is 37.0 Å². The number of piperidine rings is 1. The molecule has 1 saturated carbocycles. The van der Waals surface area contributed by atoms with Crippen LogP contribution in [-0.4, -0.2) is 35.5 Å². The summed E-state index contributed by atoms with van der Waals surface area (Å²) in [6.45, 7) is 4.08. The number of amides is 1. The highest BCUT2D eigenvalue weighted by atomic mass is 19.1. The molecule has 1 aliphatic carbocycles. The Hall–Kier alpha value is -2.43. The van der Waals surface area contributed by atoms with E-state index in [0.717, 1.165) is 55.8 Å². The van der Waals surface area contributed by atoms with Crippen LogP contribution in [0.1, 0.15) is 36.9 Å². The number of benzene rings is 1. The fourth-order valence-corrected chi connectivity index (χ4v) is 4.03. The van der Waals surface area contributed by atoms with Gasteiger partial charge in [-0.1, -0.05) is 12.1 Å². The van der Waals surface area contributed by atoms with Crippen LogP contribution in [-0.2, 0) is 10.2 Å². The molecule has 1 atom stereocenters. The molecule has 1 aromatic carbocycles. The van der Waals surface area contributed by atoms with Crippen molar-refractivity contribution in [3.8, 4) is 5.75 Å². The zero-order valence-corrected chi connectivity index (χ0v) is 15.7. The SMILES string of the molecule is Cc1cc(OCC2CCCN(C(=O)C3(c4ccc(F)cc4)CC3)C2)ccn1. The van der Waals surface area contributed by atoms with Crippen LogP contribution in [0.4, 0.5) is 4.39 Å². The van der Waals surface area contributed by atoms with Crippen LogP contribution in [0.3, 0.4) is 0 Å². The average Bonchev–Trinajstić information content (AvgIpc) is 3.49. The Bertz CT molecular complexity index is 817. The number of nitrogens with zero attached hydrogens (tertiary/aromatic N) is 2. The minimum atomic E-state index is -0.432. The number of carbonyl (C=O) groups is 1. The predicted octanol–water partition coefficient (Wildman–Crippen LogP) is 3.88. The number of rotatable bonds is 5. The van der Waals surface area contributed by atoms with Gasteiger partial charge in [-0.3, -0.25) is 9.78 Å². The standard InChI is InChI=1S/C22H25FN2O2/c1-16-13-20(8-11-24-16)27-15-17-3-2-12-25(14-17)21(26)22(9-10-22)18-4-6-19(23)7-5-18/h4-8,11,13,17H,2-3,9-10,12,14-15H2,1H3. The van der Waals surface area contributed by atoms with Crippen molar-refractivity contribution < 1.29 is 13.9 Å². The van der Waals surface area contributed by atoms with Gasteiger partial charge in [-0.2, -0.15) is 0 Å². The summed E-state index contributed by atoms with van der Waals surface area (Å²) in [6, 6.07) is 10.2. The van der Waals surface area contributed by atoms with Gasteiger partial charge in [-0.05, 0) is 56.4 Å². The lowest BCUT2D eigenvalue weighted by Gasteiger charge is -2.35. The number of aromatic nitrogens is 1. The maximum atomic E-state index is 13.2. The molecule has 2 aliphatic rings. The van der Waals surface area contributed by atoms with Crippen molar-refractivity contribution in [1.82, 2.24) is 9.88 Å². The molecule has 4 rings (SSSR count). The van der Waals surface area contributed by atoms with Gasteiger partial charge in [0.15, 0.2) is 0 Å². The van der Waals surface area contributed by atoms with Crippen LogP contribution in [0.15, 0.2) is 42.6 Å². The predicted molar refractivity (Wildman–Crippen MR) is 101 cm³/mol. The highest BCUT2D eigenvalue weighted by Gasteiger charge is 2.53. The zero-order chi connectivity index (χ0) is 18.9. The zero-order valence-electron chi connectivity index (χ0n) is 15.7. The molecule has 2 aromatic rings. The second-order valence-electron chi connectivity index (χ2n) is 7.79. The van der Waals surface area contributed by atoms with E-state index < -0.39 is 5.41 Å². The summed E-state index contributed by atoms with van der Waals surface area (Å²) < 4.78 is 19.2. The fourth-order valence-electron chi connectivity index (χ4n) is 4.03. The molecule has 0 radical (unpaired) electrons. The van der Waals surface area contributed by atoms with E-state index in [-0.39, 0.29) is 11.7 Å². The number of hydrogen-bond acceptors (Lipinski definition) is 3. The first-order valence-corrected chi connectivity index (χ1v) is 9.68. The Labute approximate surface area is 159 Å². The first-order chi connectivity index (χ1) is 13.1. The molecule has 4 nitrogen and oxygen atoms in total. The Kier molecular flexibility index (Phi) is 4.85.